The summed E-state index contributed by atoms with van der Waals surface area (Å²) >= 11 is 0. The summed E-state index contributed by atoms with van der Waals surface area (Å²) in [5.41, 5.74) is 2.22. The first-order chi connectivity index (χ1) is 11.8. The molecule has 6 nitrogen and oxygen atoms in total. The number of hydrogen-bond donors (Lipinski definition) is 1. The number of aromatic amines is 1. The Morgan fingerprint density at radius 3 is 3.12 bits per heavy atom. The molecule has 0 saturated carbocycles. The lowest BCUT2D eigenvalue weighted by Gasteiger charge is -2.31. The Bertz CT molecular complexity index is 791. The van der Waals surface area contributed by atoms with Crippen LogP contribution in [0.5, 0.6) is 0 Å². The van der Waals surface area contributed by atoms with E-state index < -0.39 is 0 Å². The van der Waals surface area contributed by atoms with Crippen LogP contribution in [-0.4, -0.2) is 42.7 Å². The van der Waals surface area contributed by atoms with E-state index in [9.17, 15) is 0 Å². The van der Waals surface area contributed by atoms with E-state index in [-0.39, 0.29) is 0 Å². The fraction of sp³-hybridized carbons (Fsp3) is 0.500. The molecule has 3 aromatic rings. The van der Waals surface area contributed by atoms with Crippen molar-refractivity contribution in [2.75, 3.05) is 13.1 Å². The molecule has 1 aliphatic heterocycles. The van der Waals surface area contributed by atoms with Crippen LogP contribution in [0.25, 0.3) is 11.0 Å². The van der Waals surface area contributed by atoms with E-state index in [4.69, 9.17) is 4.98 Å². The molecule has 1 aliphatic rings. The summed E-state index contributed by atoms with van der Waals surface area (Å²) in [5, 5.41) is 5.60. The van der Waals surface area contributed by atoms with Crippen LogP contribution in [0, 0.1) is 0 Å². The lowest BCUT2D eigenvalue weighted by molar-refractivity contribution is 0.195. The van der Waals surface area contributed by atoms with Crippen LogP contribution in [-0.2, 0) is 13.1 Å². The summed E-state index contributed by atoms with van der Waals surface area (Å²) in [6.07, 6.45) is 9.12. The van der Waals surface area contributed by atoms with Gasteiger partial charge in [0.2, 0.25) is 0 Å². The number of nitrogens with zero attached hydrogens (tertiary/aromatic N) is 5. The molecule has 6 heteroatoms. The standard InChI is InChI=1S/C18H24N6/c1-2-9-24-18-14(11-21-24)5-6-16(22-18)15-4-3-10-23(12-15)13-17-19-7-8-20-17/h5-8,11,15H,2-4,9-10,12-13H2,1H3,(H,19,20). The second kappa shape index (κ2) is 6.73. The molecule has 1 atom stereocenters. The molecule has 0 amide bonds. The topological polar surface area (TPSA) is 62.6 Å². The van der Waals surface area contributed by atoms with Gasteiger partial charge < -0.3 is 4.98 Å². The second-order valence-electron chi connectivity index (χ2n) is 6.63. The maximum Gasteiger partial charge on any atom is 0.157 e. The lowest BCUT2D eigenvalue weighted by atomic mass is 9.94. The van der Waals surface area contributed by atoms with Gasteiger partial charge in [-0.05, 0) is 37.9 Å². The number of rotatable bonds is 5. The van der Waals surface area contributed by atoms with Crippen LogP contribution in [0.3, 0.4) is 0 Å². The lowest BCUT2D eigenvalue weighted by Crippen LogP contribution is -2.34. The second-order valence-corrected chi connectivity index (χ2v) is 6.63. The van der Waals surface area contributed by atoms with Gasteiger partial charge in [0.15, 0.2) is 5.65 Å². The number of nitrogens with one attached hydrogen (secondary N) is 1. The van der Waals surface area contributed by atoms with E-state index in [0.29, 0.717) is 5.92 Å². The van der Waals surface area contributed by atoms with Crippen molar-refractivity contribution >= 4 is 11.0 Å². The number of hydrogen-bond acceptors (Lipinski definition) is 4. The molecule has 126 valence electrons. The molecule has 24 heavy (non-hydrogen) atoms. The van der Waals surface area contributed by atoms with Crippen LogP contribution in [0.15, 0.2) is 30.7 Å². The number of aryl methyl sites for hydroxylation is 1. The summed E-state index contributed by atoms with van der Waals surface area (Å²) in [7, 11) is 0. The molecular formula is C18H24N6. The third kappa shape index (κ3) is 3.06. The van der Waals surface area contributed by atoms with Crippen molar-refractivity contribution in [3.05, 3.63) is 42.2 Å². The zero-order valence-corrected chi connectivity index (χ0v) is 14.1. The molecular weight excluding hydrogens is 300 g/mol. The first kappa shape index (κ1) is 15.3. The third-order valence-corrected chi connectivity index (χ3v) is 4.79. The molecule has 0 aliphatic carbocycles. The smallest absolute Gasteiger partial charge is 0.157 e. The number of aromatic nitrogens is 5. The van der Waals surface area contributed by atoms with Crippen LogP contribution in [0.2, 0.25) is 0 Å². The van der Waals surface area contributed by atoms with E-state index in [0.717, 1.165) is 49.5 Å². The SMILES string of the molecule is CCCn1ncc2ccc(C3CCCN(Cc4ncc[nH]4)C3)nc21. The Morgan fingerprint density at radius 2 is 2.29 bits per heavy atom. The zero-order chi connectivity index (χ0) is 16.4. The van der Waals surface area contributed by atoms with Gasteiger partial charge >= 0.3 is 0 Å². The van der Waals surface area contributed by atoms with Crippen molar-refractivity contribution < 1.29 is 0 Å². The summed E-state index contributed by atoms with van der Waals surface area (Å²) in [5.74, 6) is 1.53. The average Bonchev–Trinajstić information content (AvgIpc) is 3.25. The van der Waals surface area contributed by atoms with Gasteiger partial charge in [-0.1, -0.05) is 6.92 Å². The number of fused-ring (bicyclic) bond motifs is 1. The highest BCUT2D eigenvalue weighted by Gasteiger charge is 2.23. The molecule has 0 radical (unpaired) electrons. The fourth-order valence-corrected chi connectivity index (χ4v) is 3.61. The maximum absolute atomic E-state index is 4.96. The number of piperidine rings is 1. The number of H-pyrrole nitrogens is 1. The van der Waals surface area contributed by atoms with Crippen molar-refractivity contribution in [1.82, 2.24) is 29.6 Å². The Labute approximate surface area is 141 Å². The first-order valence-corrected chi connectivity index (χ1v) is 8.86. The first-order valence-electron chi connectivity index (χ1n) is 8.86. The van der Waals surface area contributed by atoms with Crippen molar-refractivity contribution in [2.45, 2.75) is 45.2 Å². The van der Waals surface area contributed by atoms with Gasteiger partial charge in [0.05, 0.1) is 12.7 Å². The van der Waals surface area contributed by atoms with Gasteiger partial charge in [-0.3, -0.25) is 4.90 Å². The van der Waals surface area contributed by atoms with Crippen molar-refractivity contribution in [3.8, 4) is 0 Å². The highest BCUT2D eigenvalue weighted by atomic mass is 15.3. The van der Waals surface area contributed by atoms with Gasteiger partial charge in [-0.15, -0.1) is 0 Å². The van der Waals surface area contributed by atoms with E-state index in [2.05, 4.69) is 39.0 Å². The summed E-state index contributed by atoms with van der Waals surface area (Å²) in [6.45, 7) is 6.16. The largest absolute Gasteiger partial charge is 0.348 e. The third-order valence-electron chi connectivity index (χ3n) is 4.79. The Kier molecular flexibility index (Phi) is 4.30. The molecule has 4 heterocycles. The molecule has 1 saturated heterocycles. The zero-order valence-electron chi connectivity index (χ0n) is 14.1. The van der Waals surface area contributed by atoms with Crippen molar-refractivity contribution in [3.63, 3.8) is 0 Å². The van der Waals surface area contributed by atoms with Crippen molar-refractivity contribution in [1.29, 1.82) is 0 Å². The van der Waals surface area contributed by atoms with Gasteiger partial charge in [0, 0.05) is 42.5 Å². The molecule has 1 N–H and O–H groups in total. The maximum atomic E-state index is 4.96. The van der Waals surface area contributed by atoms with Crippen LogP contribution >= 0.6 is 0 Å². The molecule has 0 aromatic carbocycles. The number of imidazole rings is 1. The van der Waals surface area contributed by atoms with Crippen molar-refractivity contribution in [2.24, 2.45) is 0 Å². The number of pyridine rings is 1. The normalized spacial score (nSPS) is 19.1. The van der Waals surface area contributed by atoms with Crippen LogP contribution in [0.1, 0.15) is 43.6 Å². The van der Waals surface area contributed by atoms with Gasteiger partial charge in [-0.25, -0.2) is 14.6 Å². The summed E-state index contributed by atoms with van der Waals surface area (Å²) < 4.78 is 2.03. The predicted molar refractivity (Wildman–Crippen MR) is 93.7 cm³/mol. The highest BCUT2D eigenvalue weighted by molar-refractivity contribution is 5.74. The molecule has 0 spiro atoms. The van der Waals surface area contributed by atoms with E-state index in [1.807, 2.05) is 23.3 Å². The predicted octanol–water partition coefficient (Wildman–Crippen LogP) is 2.94. The summed E-state index contributed by atoms with van der Waals surface area (Å²) in [6, 6.07) is 4.35. The van der Waals surface area contributed by atoms with E-state index >= 15 is 0 Å². The van der Waals surface area contributed by atoms with E-state index in [1.54, 1.807) is 0 Å². The Balaban J connectivity index is 1.53. The molecule has 4 rings (SSSR count). The Hall–Kier alpha value is -2.21. The van der Waals surface area contributed by atoms with Crippen LogP contribution in [0.4, 0.5) is 0 Å². The summed E-state index contributed by atoms with van der Waals surface area (Å²) in [4.78, 5) is 15.0. The van der Waals surface area contributed by atoms with Gasteiger partial charge in [0.25, 0.3) is 0 Å². The monoisotopic (exact) mass is 324 g/mol. The molecule has 1 unspecified atom stereocenters. The fourth-order valence-electron chi connectivity index (χ4n) is 3.61. The van der Waals surface area contributed by atoms with Gasteiger partial charge in [-0.2, -0.15) is 5.10 Å². The minimum absolute atomic E-state index is 0.489. The molecule has 0 bridgehead atoms. The van der Waals surface area contributed by atoms with Crippen LogP contribution < -0.4 is 0 Å². The molecule has 1 fully saturated rings. The molecule has 3 aromatic heterocycles. The minimum Gasteiger partial charge on any atom is -0.348 e. The average molecular weight is 324 g/mol. The highest BCUT2D eigenvalue weighted by Crippen LogP contribution is 2.27. The van der Waals surface area contributed by atoms with Gasteiger partial charge in [0.1, 0.15) is 5.82 Å². The quantitative estimate of drug-likeness (QED) is 0.784. The Morgan fingerprint density at radius 1 is 1.33 bits per heavy atom. The number of likely N-dealkylation sites (tertiary alicyclic amines) is 1. The minimum atomic E-state index is 0.489. The van der Waals surface area contributed by atoms with E-state index in [1.165, 1.54) is 18.5 Å².